The Morgan fingerprint density at radius 3 is 3.08 bits per heavy atom. The number of amides is 1. The molecule has 4 heteroatoms. The van der Waals surface area contributed by atoms with Crippen LogP contribution in [0.2, 0.25) is 0 Å². The first-order valence-corrected chi connectivity index (χ1v) is 4.78. The van der Waals surface area contributed by atoms with E-state index in [1.165, 1.54) is 0 Å². The molecule has 1 fully saturated rings. The van der Waals surface area contributed by atoms with Crippen LogP contribution in [0.1, 0.15) is 19.3 Å². The summed E-state index contributed by atoms with van der Waals surface area (Å²) < 4.78 is 5.06. The Kier molecular flexibility index (Phi) is 4.18. The van der Waals surface area contributed by atoms with Gasteiger partial charge in [0, 0.05) is 26.6 Å². The van der Waals surface area contributed by atoms with Crippen LogP contribution < -0.4 is 5.73 Å². The van der Waals surface area contributed by atoms with Crippen LogP contribution in [-0.2, 0) is 9.53 Å². The Balaban J connectivity index is 2.42. The maximum atomic E-state index is 11.5. The van der Waals surface area contributed by atoms with E-state index in [4.69, 9.17) is 10.5 Å². The molecule has 0 aromatic carbocycles. The zero-order valence-electron chi connectivity index (χ0n) is 8.16. The number of likely N-dealkylation sites (tertiary alicyclic amines) is 1. The third-order valence-electron chi connectivity index (χ3n) is 2.41. The van der Waals surface area contributed by atoms with E-state index in [1.54, 1.807) is 7.11 Å². The van der Waals surface area contributed by atoms with Gasteiger partial charge in [-0.25, -0.2) is 0 Å². The molecule has 1 aliphatic rings. The summed E-state index contributed by atoms with van der Waals surface area (Å²) in [4.78, 5) is 13.4. The number of carbonyl (C=O) groups is 1. The zero-order chi connectivity index (χ0) is 9.68. The minimum Gasteiger partial charge on any atom is -0.383 e. The fourth-order valence-corrected chi connectivity index (χ4v) is 1.80. The first-order chi connectivity index (χ1) is 6.29. The third-order valence-corrected chi connectivity index (χ3v) is 2.41. The molecule has 1 rings (SSSR count). The van der Waals surface area contributed by atoms with Gasteiger partial charge in [-0.2, -0.15) is 0 Å². The molecule has 1 aliphatic heterocycles. The molecule has 1 unspecified atom stereocenters. The van der Waals surface area contributed by atoms with E-state index in [2.05, 4.69) is 0 Å². The Hall–Kier alpha value is -0.610. The molecule has 0 aromatic heterocycles. The summed E-state index contributed by atoms with van der Waals surface area (Å²) in [5, 5.41) is 0. The van der Waals surface area contributed by atoms with Crippen molar-refractivity contribution in [3.63, 3.8) is 0 Å². The monoisotopic (exact) mass is 186 g/mol. The summed E-state index contributed by atoms with van der Waals surface area (Å²) >= 11 is 0. The number of nitrogens with two attached hydrogens (primary N) is 1. The van der Waals surface area contributed by atoms with E-state index in [-0.39, 0.29) is 11.9 Å². The number of methoxy groups -OCH3 is 1. The molecule has 1 amide bonds. The standard InChI is InChI=1S/C9H18N2O2/c1-13-7-8-3-2-6-11(8)9(12)4-5-10/h8H,2-7,10H2,1H3. The van der Waals surface area contributed by atoms with Crippen molar-refractivity contribution in [2.45, 2.75) is 25.3 Å². The van der Waals surface area contributed by atoms with E-state index in [9.17, 15) is 4.79 Å². The lowest BCUT2D eigenvalue weighted by atomic mass is 10.2. The number of hydrogen-bond donors (Lipinski definition) is 1. The van der Waals surface area contributed by atoms with Gasteiger partial charge in [-0.05, 0) is 12.8 Å². The van der Waals surface area contributed by atoms with Crippen molar-refractivity contribution >= 4 is 5.91 Å². The van der Waals surface area contributed by atoms with Crippen LogP contribution in [0.3, 0.4) is 0 Å². The summed E-state index contributed by atoms with van der Waals surface area (Å²) in [6.45, 7) is 1.96. The van der Waals surface area contributed by atoms with Gasteiger partial charge in [0.15, 0.2) is 0 Å². The highest BCUT2D eigenvalue weighted by atomic mass is 16.5. The number of nitrogens with zero attached hydrogens (tertiary/aromatic N) is 1. The van der Waals surface area contributed by atoms with E-state index < -0.39 is 0 Å². The van der Waals surface area contributed by atoms with Gasteiger partial charge in [0.1, 0.15) is 0 Å². The molecule has 0 radical (unpaired) electrons. The van der Waals surface area contributed by atoms with E-state index in [0.717, 1.165) is 19.4 Å². The van der Waals surface area contributed by atoms with Gasteiger partial charge in [0.25, 0.3) is 0 Å². The summed E-state index contributed by atoms with van der Waals surface area (Å²) in [5.74, 6) is 0.169. The molecule has 0 aliphatic carbocycles. The van der Waals surface area contributed by atoms with Gasteiger partial charge in [-0.1, -0.05) is 0 Å². The highest BCUT2D eigenvalue weighted by Gasteiger charge is 2.27. The van der Waals surface area contributed by atoms with Crippen LogP contribution in [0.4, 0.5) is 0 Å². The zero-order valence-corrected chi connectivity index (χ0v) is 8.16. The molecule has 0 aromatic rings. The molecule has 1 atom stereocenters. The first kappa shape index (κ1) is 10.5. The van der Waals surface area contributed by atoms with Gasteiger partial charge in [0.2, 0.25) is 5.91 Å². The van der Waals surface area contributed by atoms with Crippen molar-refractivity contribution in [2.24, 2.45) is 5.73 Å². The maximum absolute atomic E-state index is 11.5. The smallest absolute Gasteiger partial charge is 0.224 e. The SMILES string of the molecule is COCC1CCCN1C(=O)CCN. The number of carbonyl (C=O) groups excluding carboxylic acids is 1. The summed E-state index contributed by atoms with van der Waals surface area (Å²) in [6.07, 6.45) is 2.61. The van der Waals surface area contributed by atoms with Gasteiger partial charge in [0.05, 0.1) is 12.6 Å². The lowest BCUT2D eigenvalue weighted by Gasteiger charge is -2.23. The average molecular weight is 186 g/mol. The second-order valence-corrected chi connectivity index (χ2v) is 3.38. The lowest BCUT2D eigenvalue weighted by molar-refractivity contribution is -0.132. The van der Waals surface area contributed by atoms with Gasteiger partial charge in [-0.3, -0.25) is 4.79 Å². The van der Waals surface area contributed by atoms with Crippen LogP contribution >= 0.6 is 0 Å². The van der Waals surface area contributed by atoms with Gasteiger partial charge < -0.3 is 15.4 Å². The van der Waals surface area contributed by atoms with Crippen molar-refractivity contribution in [1.82, 2.24) is 4.90 Å². The van der Waals surface area contributed by atoms with Crippen LogP contribution in [0.15, 0.2) is 0 Å². The topological polar surface area (TPSA) is 55.6 Å². The summed E-state index contributed by atoms with van der Waals surface area (Å²) in [7, 11) is 1.67. The van der Waals surface area contributed by atoms with Crippen LogP contribution in [0.5, 0.6) is 0 Å². The number of ether oxygens (including phenoxy) is 1. The van der Waals surface area contributed by atoms with Gasteiger partial charge >= 0.3 is 0 Å². The Bertz CT molecular complexity index is 173. The summed E-state index contributed by atoms with van der Waals surface area (Å²) in [6, 6.07) is 0.282. The molecule has 13 heavy (non-hydrogen) atoms. The minimum absolute atomic E-state index is 0.169. The van der Waals surface area contributed by atoms with Crippen molar-refractivity contribution in [1.29, 1.82) is 0 Å². The average Bonchev–Trinajstić information content (AvgIpc) is 2.54. The van der Waals surface area contributed by atoms with Crippen LogP contribution in [-0.4, -0.2) is 43.7 Å². The predicted octanol–water partition coefficient (Wildman–Crippen LogP) is -0.0274. The number of rotatable bonds is 4. The predicted molar refractivity (Wildman–Crippen MR) is 50.3 cm³/mol. The molecule has 0 spiro atoms. The van der Waals surface area contributed by atoms with Crippen molar-refractivity contribution in [3.05, 3.63) is 0 Å². The first-order valence-electron chi connectivity index (χ1n) is 4.78. The van der Waals surface area contributed by atoms with E-state index in [0.29, 0.717) is 19.6 Å². The molecular formula is C9H18N2O2. The largest absolute Gasteiger partial charge is 0.383 e. The van der Waals surface area contributed by atoms with E-state index >= 15 is 0 Å². The van der Waals surface area contributed by atoms with Crippen molar-refractivity contribution < 1.29 is 9.53 Å². The molecule has 1 saturated heterocycles. The lowest BCUT2D eigenvalue weighted by Crippen LogP contribution is -2.38. The Morgan fingerprint density at radius 2 is 2.46 bits per heavy atom. The minimum atomic E-state index is 0.169. The Labute approximate surface area is 79.0 Å². The normalized spacial score (nSPS) is 22.3. The number of hydrogen-bond acceptors (Lipinski definition) is 3. The molecular weight excluding hydrogens is 168 g/mol. The molecule has 0 bridgehead atoms. The molecule has 2 N–H and O–H groups in total. The fraction of sp³-hybridized carbons (Fsp3) is 0.889. The second kappa shape index (κ2) is 5.19. The van der Waals surface area contributed by atoms with E-state index in [1.807, 2.05) is 4.90 Å². The van der Waals surface area contributed by atoms with Gasteiger partial charge in [-0.15, -0.1) is 0 Å². The second-order valence-electron chi connectivity index (χ2n) is 3.38. The van der Waals surface area contributed by atoms with Crippen molar-refractivity contribution in [3.8, 4) is 0 Å². The van der Waals surface area contributed by atoms with Crippen LogP contribution in [0, 0.1) is 0 Å². The fourth-order valence-electron chi connectivity index (χ4n) is 1.80. The maximum Gasteiger partial charge on any atom is 0.224 e. The highest BCUT2D eigenvalue weighted by Crippen LogP contribution is 2.17. The molecule has 1 heterocycles. The molecule has 4 nitrogen and oxygen atoms in total. The quantitative estimate of drug-likeness (QED) is 0.671. The highest BCUT2D eigenvalue weighted by molar-refractivity contribution is 5.77. The molecule has 76 valence electrons. The Morgan fingerprint density at radius 1 is 1.69 bits per heavy atom. The summed E-state index contributed by atoms with van der Waals surface area (Å²) in [5.41, 5.74) is 5.34. The van der Waals surface area contributed by atoms with Crippen molar-refractivity contribution in [2.75, 3.05) is 26.8 Å². The third kappa shape index (κ3) is 2.67. The molecule has 0 saturated carbocycles. The van der Waals surface area contributed by atoms with Crippen LogP contribution in [0.25, 0.3) is 0 Å².